The number of fused-ring (bicyclic) bond motifs is 4. The fourth-order valence-electron chi connectivity index (χ4n) is 8.08. The monoisotopic (exact) mass is 621 g/mol. The van der Waals surface area contributed by atoms with E-state index in [9.17, 15) is 15.1 Å². The summed E-state index contributed by atoms with van der Waals surface area (Å²) in [6.07, 6.45) is 6.45. The molecule has 5 N–H and O–H groups in total. The molecule has 238 valence electrons. The predicted molar refractivity (Wildman–Crippen MR) is 174 cm³/mol. The number of nitrogens with two attached hydrogens (primary N) is 1. The Bertz CT molecular complexity index is 1810. The molecule has 8 rings (SSSR count). The molecule has 12 heteroatoms. The summed E-state index contributed by atoms with van der Waals surface area (Å²) in [5.41, 5.74) is 10.8. The molecule has 2 aromatic carbocycles. The Kier molecular flexibility index (Phi) is 7.99. The number of aromatic nitrogens is 6. The molecule has 2 atom stereocenters. The van der Waals surface area contributed by atoms with Gasteiger partial charge in [0, 0.05) is 29.6 Å². The van der Waals surface area contributed by atoms with Gasteiger partial charge in [-0.3, -0.25) is 9.58 Å². The molecule has 5 aromatic rings. The molecule has 3 saturated carbocycles. The number of H-pyrrole nitrogens is 1. The molecule has 0 aliphatic heterocycles. The zero-order valence-corrected chi connectivity index (χ0v) is 25.7. The van der Waals surface area contributed by atoms with Gasteiger partial charge >= 0.3 is 0 Å². The van der Waals surface area contributed by atoms with E-state index in [-0.39, 0.29) is 29.2 Å². The zero-order chi connectivity index (χ0) is 31.7. The minimum absolute atomic E-state index is 0.181. The van der Waals surface area contributed by atoms with Crippen LogP contribution in [0.2, 0.25) is 0 Å². The number of rotatable bonds is 12. The maximum Gasteiger partial charge on any atom is 0.203 e. The van der Waals surface area contributed by atoms with Crippen LogP contribution in [0.4, 0.5) is 5.82 Å². The highest BCUT2D eigenvalue weighted by Gasteiger charge is 2.56. The number of nitroso groups, excluding NO2 is 1. The first kappa shape index (κ1) is 30.0. The maximum atomic E-state index is 11.7. The lowest BCUT2D eigenvalue weighted by atomic mass is 9.53. The minimum atomic E-state index is -0.470. The first-order chi connectivity index (χ1) is 22.4. The van der Waals surface area contributed by atoms with Gasteiger partial charge in [-0.25, -0.2) is 4.98 Å². The average Bonchev–Trinajstić information content (AvgIpc) is 3.73. The Balaban J connectivity index is 1.19. The second-order valence-electron chi connectivity index (χ2n) is 12.9. The van der Waals surface area contributed by atoms with Gasteiger partial charge in [-0.1, -0.05) is 47.6 Å². The fourth-order valence-corrected chi connectivity index (χ4v) is 8.08. The third kappa shape index (κ3) is 5.51. The van der Waals surface area contributed by atoms with Gasteiger partial charge in [0.1, 0.15) is 17.1 Å². The van der Waals surface area contributed by atoms with E-state index >= 15 is 0 Å². The lowest BCUT2D eigenvalue weighted by Gasteiger charge is -2.60. The van der Waals surface area contributed by atoms with E-state index in [0.29, 0.717) is 49.5 Å². The molecule has 46 heavy (non-hydrogen) atoms. The van der Waals surface area contributed by atoms with Crippen LogP contribution in [0.25, 0.3) is 11.2 Å². The van der Waals surface area contributed by atoms with E-state index in [0.717, 1.165) is 42.5 Å². The Morgan fingerprint density at radius 3 is 2.63 bits per heavy atom. The molecule has 3 aliphatic carbocycles. The summed E-state index contributed by atoms with van der Waals surface area (Å²) in [5, 5.41) is 41.1. The van der Waals surface area contributed by atoms with E-state index < -0.39 is 6.10 Å². The van der Waals surface area contributed by atoms with Crippen molar-refractivity contribution in [2.75, 3.05) is 25.4 Å². The van der Waals surface area contributed by atoms with Gasteiger partial charge in [-0.15, -0.1) is 5.10 Å². The Labute approximate surface area is 266 Å². The largest absolute Gasteiger partial charge is 0.508 e. The number of aromatic amines is 1. The Morgan fingerprint density at radius 2 is 1.87 bits per heavy atom. The van der Waals surface area contributed by atoms with Crippen molar-refractivity contribution in [2.45, 2.75) is 68.0 Å². The number of benzene rings is 2. The molecule has 3 aliphatic rings. The van der Waals surface area contributed by atoms with E-state index in [1.165, 1.54) is 5.56 Å². The number of aliphatic hydroxyl groups is 1. The first-order valence-electron chi connectivity index (χ1n) is 16.0. The van der Waals surface area contributed by atoms with E-state index in [4.69, 9.17) is 10.8 Å². The molecule has 3 heterocycles. The predicted octanol–water partition coefficient (Wildman–Crippen LogP) is 4.49. The number of hydrogen-bond donors (Lipinski definition) is 4. The zero-order valence-electron chi connectivity index (χ0n) is 25.7. The molecule has 0 saturated heterocycles. The number of anilines is 1. The number of nitrogen functional groups attached to an aromatic ring is 1. The molecule has 0 radical (unpaired) electrons. The van der Waals surface area contributed by atoms with Crippen LogP contribution >= 0.6 is 0 Å². The number of phenols is 1. The average molecular weight is 622 g/mol. The highest BCUT2D eigenvalue weighted by atomic mass is 16.3. The van der Waals surface area contributed by atoms with Gasteiger partial charge in [-0.2, -0.15) is 20.3 Å². The van der Waals surface area contributed by atoms with Gasteiger partial charge < -0.3 is 15.9 Å². The summed E-state index contributed by atoms with van der Waals surface area (Å²) in [5.74, 6) is 0.359. The van der Waals surface area contributed by atoms with Crippen molar-refractivity contribution in [2.24, 2.45) is 5.18 Å². The third-order valence-electron chi connectivity index (χ3n) is 10.4. The van der Waals surface area contributed by atoms with Crippen LogP contribution in [0.1, 0.15) is 66.8 Å². The molecule has 2 bridgehead atoms. The maximum absolute atomic E-state index is 11.7. The molecule has 1 unspecified atom stereocenters. The van der Waals surface area contributed by atoms with E-state index in [1.54, 1.807) is 12.1 Å². The quantitative estimate of drug-likeness (QED) is 0.147. The van der Waals surface area contributed by atoms with Crippen LogP contribution in [0.3, 0.4) is 0 Å². The number of pyridine rings is 1. The second-order valence-corrected chi connectivity index (χ2v) is 12.9. The summed E-state index contributed by atoms with van der Waals surface area (Å²) >= 11 is 0. The fraction of sp³-hybridized carbons (Fsp3) is 0.412. The lowest BCUT2D eigenvalue weighted by molar-refractivity contribution is -0.0992. The van der Waals surface area contributed by atoms with Crippen LogP contribution in [0.5, 0.6) is 5.75 Å². The second kappa shape index (κ2) is 12.3. The van der Waals surface area contributed by atoms with Crippen LogP contribution in [-0.4, -0.2) is 76.6 Å². The highest BCUT2D eigenvalue weighted by molar-refractivity contribution is 5.77. The van der Waals surface area contributed by atoms with Gasteiger partial charge in [0.15, 0.2) is 0 Å². The number of aliphatic hydroxyl groups excluding tert-OH is 1. The van der Waals surface area contributed by atoms with Gasteiger partial charge in [0.2, 0.25) is 5.65 Å². The van der Waals surface area contributed by atoms with Crippen molar-refractivity contribution < 1.29 is 10.2 Å². The van der Waals surface area contributed by atoms with Crippen molar-refractivity contribution in [1.82, 2.24) is 35.1 Å². The Hall–Kier alpha value is -4.68. The number of nitrogens with one attached hydrogen (secondary N) is 1. The number of phenolic OH excluding ortho intramolecular Hbond substituents is 1. The van der Waals surface area contributed by atoms with E-state index in [2.05, 4.69) is 54.7 Å². The molecule has 0 amide bonds. The summed E-state index contributed by atoms with van der Waals surface area (Å²) in [6, 6.07) is 21.4. The van der Waals surface area contributed by atoms with Gasteiger partial charge in [0.25, 0.3) is 0 Å². The SMILES string of the molecule is Nc1cc(C(CCN(CCN=O)C23CCC(c4ccccc4)(CC2)[C@H](O)C3)c2ccn(Cc3cccc(O)c3)n2)c2n[nH]nc2n1. The minimum Gasteiger partial charge on any atom is -0.508 e. The van der Waals surface area contributed by atoms with Crippen molar-refractivity contribution in [3.63, 3.8) is 0 Å². The van der Waals surface area contributed by atoms with Crippen LogP contribution < -0.4 is 5.73 Å². The van der Waals surface area contributed by atoms with Crippen molar-refractivity contribution in [1.29, 1.82) is 0 Å². The molecule has 3 fully saturated rings. The summed E-state index contributed by atoms with van der Waals surface area (Å²) in [7, 11) is 0. The molecular formula is C34H39N9O3. The Morgan fingerprint density at radius 1 is 1.04 bits per heavy atom. The van der Waals surface area contributed by atoms with Crippen LogP contribution in [0.15, 0.2) is 78.1 Å². The van der Waals surface area contributed by atoms with E-state index in [1.807, 2.05) is 41.2 Å². The normalized spacial score (nSPS) is 23.2. The van der Waals surface area contributed by atoms with Gasteiger partial charge in [0.05, 0.1) is 24.9 Å². The van der Waals surface area contributed by atoms with Crippen LogP contribution in [-0.2, 0) is 12.0 Å². The lowest BCUT2D eigenvalue weighted by Crippen LogP contribution is -2.64. The molecule has 12 nitrogen and oxygen atoms in total. The van der Waals surface area contributed by atoms with Crippen molar-refractivity contribution in [3.05, 3.63) is 100 Å². The third-order valence-corrected chi connectivity index (χ3v) is 10.4. The van der Waals surface area contributed by atoms with Crippen molar-refractivity contribution in [3.8, 4) is 5.75 Å². The van der Waals surface area contributed by atoms with Crippen LogP contribution in [0, 0.1) is 4.91 Å². The van der Waals surface area contributed by atoms with Crippen molar-refractivity contribution >= 4 is 17.0 Å². The highest BCUT2D eigenvalue weighted by Crippen LogP contribution is 2.56. The topological polar surface area (TPSA) is 171 Å². The smallest absolute Gasteiger partial charge is 0.203 e. The summed E-state index contributed by atoms with van der Waals surface area (Å²) in [6.45, 7) is 1.86. The molecular weight excluding hydrogens is 582 g/mol. The standard InChI is InChI=1S/C34H39N9O3/c35-30-20-27(31-32(37-30)39-41-38-31)26(28-10-17-43(40-28)22-23-5-4-8-25(44)19-23)9-16-42(18-15-36-46)33-11-13-34(14-12-33,29(45)21-33)24-6-2-1-3-7-24/h1-8,10,17,19-20,26,29,44-45H,9,11-16,18,21-22H2,(H3,35,37,38,39,41)/t26?,29-,33?,34?/m1/s1. The molecule has 0 spiro atoms. The molecule has 3 aromatic heterocycles. The number of aromatic hydroxyl groups is 1. The summed E-state index contributed by atoms with van der Waals surface area (Å²) in [4.78, 5) is 18.2. The number of hydrogen-bond acceptors (Lipinski definition) is 10. The van der Waals surface area contributed by atoms with Gasteiger partial charge in [-0.05, 0) is 86.0 Å². The first-order valence-corrected chi connectivity index (χ1v) is 16.0. The number of nitrogens with zero attached hydrogens (tertiary/aromatic N) is 7. The summed E-state index contributed by atoms with van der Waals surface area (Å²) < 4.78 is 1.86.